The molecule has 0 aliphatic carbocycles. The second-order valence-corrected chi connectivity index (χ2v) is 8.03. The molecule has 8 heteroatoms. The van der Waals surface area contributed by atoms with Gasteiger partial charge in [-0.1, -0.05) is 35.6 Å². The minimum Gasteiger partial charge on any atom is -0.304 e. The van der Waals surface area contributed by atoms with E-state index in [0.29, 0.717) is 16.0 Å². The molecule has 0 saturated carbocycles. The van der Waals surface area contributed by atoms with Crippen LogP contribution in [0, 0.1) is 6.92 Å². The van der Waals surface area contributed by atoms with Gasteiger partial charge in [0.25, 0.3) is 5.91 Å². The molecule has 0 aliphatic heterocycles. The fourth-order valence-corrected chi connectivity index (χ4v) is 4.62. The van der Waals surface area contributed by atoms with Crippen molar-refractivity contribution in [1.29, 1.82) is 0 Å². The number of thiazole rings is 2. The highest BCUT2D eigenvalue weighted by atomic mass is 32.1. The molecule has 27 heavy (non-hydrogen) atoms. The van der Waals surface area contributed by atoms with Crippen molar-refractivity contribution in [3.63, 3.8) is 0 Å². The molecule has 1 N–H and O–H groups in total. The molecule has 3 heterocycles. The fourth-order valence-electron chi connectivity index (χ4n) is 2.82. The summed E-state index contributed by atoms with van der Waals surface area (Å²) in [6.07, 6.45) is 0. The normalized spacial score (nSPS) is 11.3. The number of fused-ring (bicyclic) bond motifs is 2. The predicted molar refractivity (Wildman–Crippen MR) is 109 cm³/mol. The quantitative estimate of drug-likeness (QED) is 0.486. The van der Waals surface area contributed by atoms with Gasteiger partial charge in [-0.15, -0.1) is 11.3 Å². The first-order valence-corrected chi connectivity index (χ1v) is 9.90. The first-order chi connectivity index (χ1) is 13.2. The molecule has 0 saturated heterocycles. The van der Waals surface area contributed by atoms with Gasteiger partial charge < -0.3 is 5.32 Å². The van der Waals surface area contributed by atoms with E-state index in [-0.39, 0.29) is 5.91 Å². The number of anilines is 1. The maximum absolute atomic E-state index is 12.7. The summed E-state index contributed by atoms with van der Waals surface area (Å²) in [5.74, 6) is 0.328. The molecule has 5 rings (SSSR count). The minimum absolute atomic E-state index is 0.251. The maximum Gasteiger partial charge on any atom is 0.285 e. The topological polar surface area (TPSA) is 72.7 Å². The molecule has 0 aliphatic rings. The van der Waals surface area contributed by atoms with Gasteiger partial charge in [0.15, 0.2) is 5.01 Å². The average Bonchev–Trinajstić information content (AvgIpc) is 3.36. The zero-order chi connectivity index (χ0) is 18.4. The van der Waals surface area contributed by atoms with Crippen molar-refractivity contribution in [2.45, 2.75) is 6.92 Å². The molecule has 6 nitrogen and oxygen atoms in total. The van der Waals surface area contributed by atoms with E-state index in [4.69, 9.17) is 0 Å². The highest BCUT2D eigenvalue weighted by Gasteiger charge is 2.17. The number of amides is 1. The van der Waals surface area contributed by atoms with E-state index >= 15 is 0 Å². The Kier molecular flexibility index (Phi) is 3.73. The van der Waals surface area contributed by atoms with Crippen molar-refractivity contribution < 1.29 is 4.79 Å². The molecule has 5 aromatic rings. The molecule has 1 amide bonds. The van der Waals surface area contributed by atoms with E-state index in [1.807, 2.05) is 61.5 Å². The minimum atomic E-state index is -0.251. The van der Waals surface area contributed by atoms with Gasteiger partial charge in [-0.2, -0.15) is 9.78 Å². The van der Waals surface area contributed by atoms with Gasteiger partial charge in [0.1, 0.15) is 5.82 Å². The zero-order valence-corrected chi connectivity index (χ0v) is 15.8. The Labute approximate surface area is 162 Å². The van der Waals surface area contributed by atoms with Gasteiger partial charge in [-0.3, -0.25) is 4.79 Å². The van der Waals surface area contributed by atoms with Crippen molar-refractivity contribution in [2.75, 3.05) is 5.32 Å². The maximum atomic E-state index is 12.7. The van der Waals surface area contributed by atoms with Gasteiger partial charge in [-0.25, -0.2) is 9.97 Å². The van der Waals surface area contributed by atoms with Crippen molar-refractivity contribution in [1.82, 2.24) is 19.7 Å². The Morgan fingerprint density at radius 1 is 0.963 bits per heavy atom. The van der Waals surface area contributed by atoms with Gasteiger partial charge >= 0.3 is 0 Å². The predicted octanol–water partition coefficient (Wildman–Crippen LogP) is 4.65. The van der Waals surface area contributed by atoms with E-state index in [2.05, 4.69) is 20.4 Å². The third-order valence-corrected chi connectivity index (χ3v) is 6.07. The van der Waals surface area contributed by atoms with Crippen LogP contribution in [0.5, 0.6) is 0 Å². The summed E-state index contributed by atoms with van der Waals surface area (Å²) in [4.78, 5) is 21.8. The monoisotopic (exact) mass is 391 g/mol. The number of hydrogen-bond donors (Lipinski definition) is 1. The Hall–Kier alpha value is -3.10. The standard InChI is InChI=1S/C19H13N5OS2/c1-11-10-16(22-17(25)18-20-12-6-2-4-8-14(12)26-18)24(23-11)19-21-13-7-3-5-9-15(13)27-19/h2-10H,1H3,(H,22,25). The lowest BCUT2D eigenvalue weighted by Crippen LogP contribution is -2.14. The number of nitrogens with one attached hydrogen (secondary N) is 1. The number of carbonyl (C=O) groups excluding carboxylic acids is 1. The summed E-state index contributed by atoms with van der Waals surface area (Å²) in [6.45, 7) is 1.89. The summed E-state index contributed by atoms with van der Waals surface area (Å²) < 4.78 is 3.73. The molecule has 0 atom stereocenters. The number of nitrogens with zero attached hydrogens (tertiary/aromatic N) is 4. The van der Waals surface area contributed by atoms with Crippen LogP contribution >= 0.6 is 22.7 Å². The van der Waals surface area contributed by atoms with Crippen LogP contribution in [0.4, 0.5) is 5.82 Å². The van der Waals surface area contributed by atoms with Gasteiger partial charge in [-0.05, 0) is 31.2 Å². The van der Waals surface area contributed by atoms with E-state index in [1.165, 1.54) is 22.7 Å². The van der Waals surface area contributed by atoms with Crippen LogP contribution in [-0.2, 0) is 0 Å². The molecular formula is C19H13N5OS2. The van der Waals surface area contributed by atoms with E-state index < -0.39 is 0 Å². The number of aryl methyl sites for hydroxylation is 1. The second kappa shape index (κ2) is 6.26. The van der Waals surface area contributed by atoms with Gasteiger partial charge in [0.05, 0.1) is 26.1 Å². The van der Waals surface area contributed by atoms with E-state index in [9.17, 15) is 4.79 Å². The number of hydrogen-bond acceptors (Lipinski definition) is 6. The van der Waals surface area contributed by atoms with Gasteiger partial charge in [0, 0.05) is 6.07 Å². The van der Waals surface area contributed by atoms with Crippen molar-refractivity contribution >= 4 is 54.8 Å². The van der Waals surface area contributed by atoms with Crippen LogP contribution in [0.2, 0.25) is 0 Å². The SMILES string of the molecule is Cc1cc(NC(=O)c2nc3ccccc3s2)n(-c2nc3ccccc3s2)n1. The van der Waals surface area contributed by atoms with Gasteiger partial charge in [0.2, 0.25) is 5.13 Å². The first kappa shape index (κ1) is 16.1. The highest BCUT2D eigenvalue weighted by Crippen LogP contribution is 2.28. The first-order valence-electron chi connectivity index (χ1n) is 8.27. The number of aromatic nitrogens is 4. The Balaban J connectivity index is 1.51. The number of benzene rings is 2. The Morgan fingerprint density at radius 2 is 1.63 bits per heavy atom. The molecular weight excluding hydrogens is 378 g/mol. The molecule has 0 bridgehead atoms. The number of carbonyl (C=O) groups is 1. The molecule has 0 spiro atoms. The number of rotatable bonds is 3. The van der Waals surface area contributed by atoms with Crippen LogP contribution in [0.3, 0.4) is 0 Å². The molecule has 0 unspecified atom stereocenters. The van der Waals surface area contributed by atoms with Crippen LogP contribution in [0.25, 0.3) is 25.6 Å². The highest BCUT2D eigenvalue weighted by molar-refractivity contribution is 7.21. The molecule has 3 aromatic heterocycles. The summed E-state index contributed by atoms with van der Waals surface area (Å²) in [5, 5.41) is 8.56. The van der Waals surface area contributed by atoms with Crippen molar-refractivity contribution in [3.05, 3.63) is 65.3 Å². The largest absolute Gasteiger partial charge is 0.304 e. The lowest BCUT2D eigenvalue weighted by Gasteiger charge is -2.04. The van der Waals surface area contributed by atoms with Crippen molar-refractivity contribution in [2.24, 2.45) is 0 Å². The number of para-hydroxylation sites is 2. The lowest BCUT2D eigenvalue weighted by molar-refractivity contribution is 0.102. The molecule has 2 aromatic carbocycles. The lowest BCUT2D eigenvalue weighted by atomic mass is 10.3. The summed E-state index contributed by atoms with van der Waals surface area (Å²) in [7, 11) is 0. The summed E-state index contributed by atoms with van der Waals surface area (Å²) >= 11 is 2.90. The second-order valence-electron chi connectivity index (χ2n) is 5.99. The fraction of sp³-hybridized carbons (Fsp3) is 0.0526. The van der Waals surface area contributed by atoms with E-state index in [0.717, 1.165) is 26.1 Å². The van der Waals surface area contributed by atoms with Crippen molar-refractivity contribution in [3.8, 4) is 5.13 Å². The van der Waals surface area contributed by atoms with Crippen LogP contribution in [0.1, 0.15) is 15.5 Å². The zero-order valence-electron chi connectivity index (χ0n) is 14.2. The average molecular weight is 391 g/mol. The summed E-state index contributed by atoms with van der Waals surface area (Å²) in [6, 6.07) is 17.5. The van der Waals surface area contributed by atoms with Crippen LogP contribution < -0.4 is 5.32 Å². The van der Waals surface area contributed by atoms with Crippen LogP contribution in [0.15, 0.2) is 54.6 Å². The molecule has 132 valence electrons. The van der Waals surface area contributed by atoms with E-state index in [1.54, 1.807) is 4.68 Å². The molecule has 0 fully saturated rings. The summed E-state index contributed by atoms with van der Waals surface area (Å²) in [5.41, 5.74) is 2.53. The third-order valence-electron chi connectivity index (χ3n) is 4.03. The van der Waals surface area contributed by atoms with Crippen LogP contribution in [-0.4, -0.2) is 25.7 Å². The Bertz CT molecular complexity index is 1230. The smallest absolute Gasteiger partial charge is 0.285 e. The molecule has 0 radical (unpaired) electrons. The third kappa shape index (κ3) is 2.88. The Morgan fingerprint density at radius 3 is 2.33 bits per heavy atom.